The molecule has 0 spiro atoms. The summed E-state index contributed by atoms with van der Waals surface area (Å²) in [6.07, 6.45) is 0.734. The van der Waals surface area contributed by atoms with Crippen molar-refractivity contribution in [1.82, 2.24) is 5.32 Å². The number of hydrogen-bond acceptors (Lipinski definition) is 4. The number of nitrogens with zero attached hydrogens (tertiary/aromatic N) is 3. The van der Waals surface area contributed by atoms with E-state index in [1.165, 1.54) is 0 Å². The van der Waals surface area contributed by atoms with E-state index < -0.39 is 5.41 Å². The molecule has 0 radical (unpaired) electrons. The van der Waals surface area contributed by atoms with Gasteiger partial charge in [0.2, 0.25) is 0 Å². The quantitative estimate of drug-likeness (QED) is 0.401. The Bertz CT molecular complexity index is 1260. The van der Waals surface area contributed by atoms with E-state index in [0.29, 0.717) is 16.1 Å². The van der Waals surface area contributed by atoms with E-state index in [2.05, 4.69) is 30.4 Å². The summed E-state index contributed by atoms with van der Waals surface area (Å²) in [4.78, 5) is 0. The molecule has 0 amide bonds. The Morgan fingerprint density at radius 2 is 1.41 bits per heavy atom. The summed E-state index contributed by atoms with van der Waals surface area (Å²) in [5.41, 5.74) is 3.53. The minimum atomic E-state index is -0.721. The molecule has 0 saturated heterocycles. The molecule has 3 unspecified atom stereocenters. The highest BCUT2D eigenvalue weighted by Gasteiger charge is 2.34. The zero-order chi connectivity index (χ0) is 24.7. The largest absolute Gasteiger partial charge is 0.305 e. The number of hydrogen-bond donors (Lipinski definition) is 1. The van der Waals surface area contributed by atoms with Crippen molar-refractivity contribution in [2.45, 2.75) is 45.2 Å². The predicted octanol–water partition coefficient (Wildman–Crippen LogP) is 6.68. The van der Waals surface area contributed by atoms with E-state index in [9.17, 15) is 15.8 Å². The monoisotopic (exact) mass is 466 g/mol. The summed E-state index contributed by atoms with van der Waals surface area (Å²) >= 11 is 6.09. The molecule has 0 fully saturated rings. The predicted molar refractivity (Wildman–Crippen MR) is 135 cm³/mol. The van der Waals surface area contributed by atoms with Gasteiger partial charge in [0.25, 0.3) is 0 Å². The summed E-state index contributed by atoms with van der Waals surface area (Å²) in [5.74, 6) is 0.0330. The van der Waals surface area contributed by atoms with Crippen LogP contribution < -0.4 is 5.32 Å². The van der Waals surface area contributed by atoms with Crippen LogP contribution in [0.25, 0.3) is 0 Å². The highest BCUT2D eigenvalue weighted by molar-refractivity contribution is 6.30. The maximum atomic E-state index is 9.95. The van der Waals surface area contributed by atoms with Gasteiger partial charge in [-0.15, -0.1) is 0 Å². The summed E-state index contributed by atoms with van der Waals surface area (Å²) in [5, 5.41) is 33.2. The highest BCUT2D eigenvalue weighted by atomic mass is 35.5. The van der Waals surface area contributed by atoms with Crippen molar-refractivity contribution in [2.24, 2.45) is 5.41 Å². The van der Waals surface area contributed by atoms with Crippen LogP contribution in [0.3, 0.4) is 0 Å². The van der Waals surface area contributed by atoms with E-state index in [0.717, 1.165) is 23.1 Å². The molecule has 1 N–H and O–H groups in total. The lowest BCUT2D eigenvalue weighted by atomic mass is 9.79. The van der Waals surface area contributed by atoms with Crippen molar-refractivity contribution in [3.8, 4) is 18.2 Å². The molecule has 34 heavy (non-hydrogen) atoms. The first kappa shape index (κ1) is 25.0. The summed E-state index contributed by atoms with van der Waals surface area (Å²) in [7, 11) is 0. The maximum absolute atomic E-state index is 9.95. The molecule has 3 aromatic rings. The van der Waals surface area contributed by atoms with Crippen molar-refractivity contribution in [1.29, 1.82) is 15.8 Å². The van der Waals surface area contributed by atoms with Gasteiger partial charge in [-0.2, -0.15) is 15.8 Å². The topological polar surface area (TPSA) is 83.4 Å². The second kappa shape index (κ2) is 11.0. The Labute approximate surface area is 207 Å². The Morgan fingerprint density at radius 3 is 1.97 bits per heavy atom. The summed E-state index contributed by atoms with van der Waals surface area (Å²) in [6.45, 7) is 5.91. The van der Waals surface area contributed by atoms with Gasteiger partial charge in [-0.25, -0.2) is 0 Å². The molecule has 3 rings (SSSR count). The molecule has 0 heterocycles. The van der Waals surface area contributed by atoms with E-state index in [1.54, 1.807) is 12.1 Å². The first-order valence-electron chi connectivity index (χ1n) is 11.2. The fourth-order valence-electron chi connectivity index (χ4n) is 4.25. The lowest BCUT2D eigenvalue weighted by Crippen LogP contribution is -2.42. The molecule has 4 nitrogen and oxygen atoms in total. The Morgan fingerprint density at radius 1 is 0.853 bits per heavy atom. The molecule has 3 atom stereocenters. The van der Waals surface area contributed by atoms with Gasteiger partial charge in [-0.3, -0.25) is 0 Å². The minimum Gasteiger partial charge on any atom is -0.305 e. The molecule has 5 heteroatoms. The zero-order valence-electron chi connectivity index (χ0n) is 19.6. The second-order valence-corrected chi connectivity index (χ2v) is 9.57. The Hall–Kier alpha value is -3.62. The van der Waals surface area contributed by atoms with Crippen molar-refractivity contribution in [3.05, 3.63) is 106 Å². The first-order valence-corrected chi connectivity index (χ1v) is 11.6. The fourth-order valence-corrected chi connectivity index (χ4v) is 4.38. The fraction of sp³-hybridized carbons (Fsp3) is 0.276. The van der Waals surface area contributed by atoms with Gasteiger partial charge in [0.15, 0.2) is 0 Å². The third kappa shape index (κ3) is 6.03. The van der Waals surface area contributed by atoms with E-state index in [1.807, 2.05) is 74.5 Å². The van der Waals surface area contributed by atoms with Gasteiger partial charge in [0.05, 0.1) is 40.8 Å². The zero-order valence-corrected chi connectivity index (χ0v) is 20.3. The smallest absolute Gasteiger partial charge is 0.0991 e. The van der Waals surface area contributed by atoms with Crippen LogP contribution in [0.5, 0.6) is 0 Å². The van der Waals surface area contributed by atoms with Crippen molar-refractivity contribution in [2.75, 3.05) is 0 Å². The maximum Gasteiger partial charge on any atom is 0.0991 e. The van der Waals surface area contributed by atoms with E-state index >= 15 is 0 Å². The summed E-state index contributed by atoms with van der Waals surface area (Å²) in [6, 6.07) is 29.4. The number of nitriles is 3. The van der Waals surface area contributed by atoms with Gasteiger partial charge < -0.3 is 5.32 Å². The Balaban J connectivity index is 2.01. The molecule has 3 aromatic carbocycles. The number of rotatable bonds is 8. The molecular formula is C29H27ClN4. The molecule has 0 bridgehead atoms. The first-order chi connectivity index (χ1) is 16.3. The van der Waals surface area contributed by atoms with Crippen molar-refractivity contribution < 1.29 is 0 Å². The van der Waals surface area contributed by atoms with Gasteiger partial charge in [0, 0.05) is 17.0 Å². The van der Waals surface area contributed by atoms with Crippen LogP contribution in [0.4, 0.5) is 0 Å². The molecule has 0 aliphatic heterocycles. The van der Waals surface area contributed by atoms with Crippen LogP contribution in [-0.4, -0.2) is 6.04 Å². The van der Waals surface area contributed by atoms with Gasteiger partial charge in [-0.05, 0) is 80.3 Å². The lowest BCUT2D eigenvalue weighted by molar-refractivity contribution is 0.281. The normalized spacial score (nSPS) is 13.7. The molecule has 0 aromatic heterocycles. The third-order valence-corrected chi connectivity index (χ3v) is 6.46. The molecular weight excluding hydrogens is 440 g/mol. The van der Waals surface area contributed by atoms with Crippen molar-refractivity contribution in [3.63, 3.8) is 0 Å². The van der Waals surface area contributed by atoms with Gasteiger partial charge in [-0.1, -0.05) is 48.0 Å². The molecule has 0 saturated carbocycles. The lowest BCUT2D eigenvalue weighted by Gasteiger charge is -2.36. The highest BCUT2D eigenvalue weighted by Crippen LogP contribution is 2.36. The molecule has 0 aliphatic rings. The van der Waals surface area contributed by atoms with Crippen LogP contribution in [0.2, 0.25) is 5.02 Å². The van der Waals surface area contributed by atoms with Crippen LogP contribution in [0.15, 0.2) is 72.8 Å². The third-order valence-electron chi connectivity index (χ3n) is 6.20. The van der Waals surface area contributed by atoms with Gasteiger partial charge in [0.1, 0.15) is 0 Å². The van der Waals surface area contributed by atoms with Crippen LogP contribution in [-0.2, 0) is 6.42 Å². The van der Waals surface area contributed by atoms with Gasteiger partial charge >= 0.3 is 0 Å². The standard InChI is InChI=1S/C29H27ClN4/c1-20(34-28(29(2,3)19-33)25-9-5-7-23(15-25)18-32)27(16-21-10-12-26(30)13-11-21)24-8-4-6-22(14-24)17-31/h4-15,20,27-28,34H,16H2,1-3H3. The van der Waals surface area contributed by atoms with E-state index in [4.69, 9.17) is 11.6 Å². The number of nitrogens with one attached hydrogen (secondary N) is 1. The van der Waals surface area contributed by atoms with E-state index in [-0.39, 0.29) is 18.0 Å². The van der Waals surface area contributed by atoms with Crippen LogP contribution >= 0.6 is 11.6 Å². The van der Waals surface area contributed by atoms with Crippen LogP contribution in [0.1, 0.15) is 60.5 Å². The molecule has 0 aliphatic carbocycles. The van der Waals surface area contributed by atoms with Crippen molar-refractivity contribution >= 4 is 11.6 Å². The second-order valence-electron chi connectivity index (χ2n) is 9.13. The summed E-state index contributed by atoms with van der Waals surface area (Å²) < 4.78 is 0. The Kier molecular flexibility index (Phi) is 8.09. The average Bonchev–Trinajstić information content (AvgIpc) is 2.86. The minimum absolute atomic E-state index is 0.0330. The SMILES string of the molecule is CC(NC(c1cccc(C#N)c1)C(C)(C)C#N)C(Cc1ccc(Cl)cc1)c1cccc(C#N)c1. The van der Waals surface area contributed by atoms with Crippen LogP contribution in [0, 0.1) is 39.4 Å². The molecule has 170 valence electrons. The number of halogens is 1. The average molecular weight is 467 g/mol. The number of benzene rings is 3.